The van der Waals surface area contributed by atoms with Gasteiger partial charge in [0.25, 0.3) is 0 Å². The summed E-state index contributed by atoms with van der Waals surface area (Å²) in [5.74, 6) is 0.799. The van der Waals surface area contributed by atoms with Crippen LogP contribution in [-0.2, 0) is 4.74 Å². The molecular weight excluding hydrogens is 310 g/mol. The van der Waals surface area contributed by atoms with Gasteiger partial charge in [-0.2, -0.15) is 0 Å². The van der Waals surface area contributed by atoms with Crippen molar-refractivity contribution < 1.29 is 23.8 Å². The van der Waals surface area contributed by atoms with Gasteiger partial charge < -0.3 is 19.1 Å². The van der Waals surface area contributed by atoms with Gasteiger partial charge in [0.05, 0.1) is 19.8 Å². The SMILES string of the molecule is COc1ccc(OC)c(C(=O)C2CCN(C(=O)OC(C)(C)C)C2)c1. The molecule has 0 aromatic heterocycles. The van der Waals surface area contributed by atoms with Gasteiger partial charge in [0, 0.05) is 19.0 Å². The first-order valence-electron chi connectivity index (χ1n) is 7.99. The Balaban J connectivity index is 2.11. The van der Waals surface area contributed by atoms with E-state index in [9.17, 15) is 9.59 Å². The van der Waals surface area contributed by atoms with E-state index in [-0.39, 0.29) is 17.8 Å². The Labute approximate surface area is 142 Å². The minimum atomic E-state index is -0.546. The number of carbonyl (C=O) groups is 2. The molecule has 0 aliphatic carbocycles. The third kappa shape index (κ3) is 4.19. The van der Waals surface area contributed by atoms with Crippen LogP contribution in [0.4, 0.5) is 4.79 Å². The van der Waals surface area contributed by atoms with Crippen LogP contribution < -0.4 is 9.47 Å². The van der Waals surface area contributed by atoms with E-state index in [1.807, 2.05) is 20.8 Å². The molecule has 0 radical (unpaired) electrons. The summed E-state index contributed by atoms with van der Waals surface area (Å²) in [7, 11) is 3.08. The Bertz CT molecular complexity index is 620. The lowest BCUT2D eigenvalue weighted by molar-refractivity contribution is 0.0289. The molecule has 24 heavy (non-hydrogen) atoms. The van der Waals surface area contributed by atoms with Gasteiger partial charge in [-0.1, -0.05) is 0 Å². The normalized spacial score (nSPS) is 17.5. The number of rotatable bonds is 4. The Morgan fingerprint density at radius 3 is 2.46 bits per heavy atom. The molecule has 1 aliphatic rings. The van der Waals surface area contributed by atoms with Crippen LogP contribution in [0.25, 0.3) is 0 Å². The molecule has 6 heteroatoms. The van der Waals surface area contributed by atoms with Crippen LogP contribution in [0.2, 0.25) is 0 Å². The third-order valence-corrected chi connectivity index (χ3v) is 3.88. The highest BCUT2D eigenvalue weighted by molar-refractivity contribution is 6.01. The standard InChI is InChI=1S/C18H25NO5/c1-18(2,3)24-17(21)19-9-8-12(11-19)16(20)14-10-13(22-4)6-7-15(14)23-5/h6-7,10,12H,8-9,11H2,1-5H3. The van der Waals surface area contributed by atoms with Gasteiger partial charge in [-0.05, 0) is 45.4 Å². The Morgan fingerprint density at radius 2 is 1.88 bits per heavy atom. The highest BCUT2D eigenvalue weighted by atomic mass is 16.6. The number of amides is 1. The van der Waals surface area contributed by atoms with E-state index in [1.54, 1.807) is 30.2 Å². The third-order valence-electron chi connectivity index (χ3n) is 3.88. The number of hydrogen-bond acceptors (Lipinski definition) is 5. The molecule has 6 nitrogen and oxygen atoms in total. The number of carbonyl (C=O) groups excluding carboxylic acids is 2. The maximum absolute atomic E-state index is 12.8. The molecule has 1 fully saturated rings. The van der Waals surface area contributed by atoms with Gasteiger partial charge in [-0.3, -0.25) is 4.79 Å². The van der Waals surface area contributed by atoms with Crippen LogP contribution in [0.3, 0.4) is 0 Å². The molecule has 0 saturated carbocycles. The predicted octanol–water partition coefficient (Wildman–Crippen LogP) is 3.14. The molecule has 1 heterocycles. The first-order chi connectivity index (χ1) is 11.2. The number of ether oxygens (including phenoxy) is 3. The number of nitrogens with zero attached hydrogens (tertiary/aromatic N) is 1. The Hall–Kier alpha value is -2.24. The van der Waals surface area contributed by atoms with Gasteiger partial charge in [0.15, 0.2) is 5.78 Å². The molecule has 1 atom stereocenters. The maximum Gasteiger partial charge on any atom is 0.410 e. The minimum absolute atomic E-state index is 0.0446. The second-order valence-electron chi connectivity index (χ2n) is 6.84. The van der Waals surface area contributed by atoms with Gasteiger partial charge in [-0.15, -0.1) is 0 Å². The lowest BCUT2D eigenvalue weighted by Crippen LogP contribution is -2.35. The maximum atomic E-state index is 12.8. The highest BCUT2D eigenvalue weighted by Crippen LogP contribution is 2.30. The zero-order chi connectivity index (χ0) is 17.9. The predicted molar refractivity (Wildman–Crippen MR) is 89.8 cm³/mol. The topological polar surface area (TPSA) is 65.1 Å². The van der Waals surface area contributed by atoms with E-state index >= 15 is 0 Å². The van der Waals surface area contributed by atoms with E-state index in [0.29, 0.717) is 36.6 Å². The molecule has 1 aliphatic heterocycles. The molecule has 132 valence electrons. The Kier molecular flexibility index (Phi) is 5.36. The van der Waals surface area contributed by atoms with Crippen molar-refractivity contribution in [3.05, 3.63) is 23.8 Å². The average Bonchev–Trinajstić information content (AvgIpc) is 3.02. The molecule has 0 bridgehead atoms. The van der Waals surface area contributed by atoms with Crippen molar-refractivity contribution in [1.29, 1.82) is 0 Å². The highest BCUT2D eigenvalue weighted by Gasteiger charge is 2.34. The summed E-state index contributed by atoms with van der Waals surface area (Å²) < 4.78 is 15.8. The monoisotopic (exact) mass is 335 g/mol. The number of methoxy groups -OCH3 is 2. The summed E-state index contributed by atoms with van der Waals surface area (Å²) in [4.78, 5) is 26.6. The molecule has 1 amide bonds. The van der Waals surface area contributed by atoms with Crippen LogP contribution in [0.5, 0.6) is 11.5 Å². The van der Waals surface area contributed by atoms with Crippen LogP contribution in [-0.4, -0.2) is 49.7 Å². The zero-order valence-electron chi connectivity index (χ0n) is 14.9. The Morgan fingerprint density at radius 1 is 1.17 bits per heavy atom. The van der Waals surface area contributed by atoms with Crippen molar-refractivity contribution in [2.24, 2.45) is 5.92 Å². The number of ketones is 1. The summed E-state index contributed by atoms with van der Waals surface area (Å²) in [5.41, 5.74) is -0.0669. The number of likely N-dealkylation sites (tertiary alicyclic amines) is 1. The second kappa shape index (κ2) is 7.11. The molecule has 1 saturated heterocycles. The first-order valence-corrected chi connectivity index (χ1v) is 7.99. The van der Waals surface area contributed by atoms with E-state index < -0.39 is 5.60 Å². The van der Waals surface area contributed by atoms with E-state index in [2.05, 4.69) is 0 Å². The lowest BCUT2D eigenvalue weighted by atomic mass is 9.96. The van der Waals surface area contributed by atoms with Gasteiger partial charge >= 0.3 is 6.09 Å². The number of Topliss-reactive ketones (excluding diaryl/α,β-unsaturated/α-hetero) is 1. The first kappa shape index (κ1) is 18.1. The average molecular weight is 335 g/mol. The second-order valence-corrected chi connectivity index (χ2v) is 6.84. The lowest BCUT2D eigenvalue weighted by Gasteiger charge is -2.24. The summed E-state index contributed by atoms with van der Waals surface area (Å²) in [6.45, 7) is 6.34. The van der Waals surface area contributed by atoms with Crippen molar-refractivity contribution in [3.63, 3.8) is 0 Å². The van der Waals surface area contributed by atoms with E-state index in [4.69, 9.17) is 14.2 Å². The minimum Gasteiger partial charge on any atom is -0.497 e. The van der Waals surface area contributed by atoms with Crippen molar-refractivity contribution in [2.45, 2.75) is 32.8 Å². The fraction of sp³-hybridized carbons (Fsp3) is 0.556. The molecule has 1 aromatic carbocycles. The van der Waals surface area contributed by atoms with Crippen molar-refractivity contribution in [2.75, 3.05) is 27.3 Å². The summed E-state index contributed by atoms with van der Waals surface area (Å²) in [6, 6.07) is 5.14. The molecule has 0 spiro atoms. The van der Waals surface area contributed by atoms with Gasteiger partial charge in [-0.25, -0.2) is 4.79 Å². The van der Waals surface area contributed by atoms with Crippen molar-refractivity contribution >= 4 is 11.9 Å². The largest absolute Gasteiger partial charge is 0.497 e. The van der Waals surface area contributed by atoms with Crippen molar-refractivity contribution in [1.82, 2.24) is 4.90 Å². The quantitative estimate of drug-likeness (QED) is 0.791. The number of hydrogen-bond donors (Lipinski definition) is 0. The number of benzene rings is 1. The molecular formula is C18H25NO5. The fourth-order valence-corrected chi connectivity index (χ4v) is 2.69. The molecule has 2 rings (SSSR count). The molecule has 1 unspecified atom stereocenters. The summed E-state index contributed by atoms with van der Waals surface area (Å²) in [6.07, 6.45) is 0.230. The zero-order valence-corrected chi connectivity index (χ0v) is 14.9. The smallest absolute Gasteiger partial charge is 0.410 e. The van der Waals surface area contributed by atoms with Crippen LogP contribution in [0.1, 0.15) is 37.6 Å². The summed E-state index contributed by atoms with van der Waals surface area (Å²) in [5, 5.41) is 0. The van der Waals surface area contributed by atoms with Crippen molar-refractivity contribution in [3.8, 4) is 11.5 Å². The van der Waals surface area contributed by atoms with Crippen LogP contribution in [0.15, 0.2) is 18.2 Å². The van der Waals surface area contributed by atoms with Crippen LogP contribution in [0, 0.1) is 5.92 Å². The fourth-order valence-electron chi connectivity index (χ4n) is 2.69. The van der Waals surface area contributed by atoms with E-state index in [1.165, 1.54) is 7.11 Å². The van der Waals surface area contributed by atoms with Crippen LogP contribution >= 0.6 is 0 Å². The molecule has 1 aromatic rings. The van der Waals surface area contributed by atoms with Gasteiger partial charge in [0.1, 0.15) is 17.1 Å². The van der Waals surface area contributed by atoms with E-state index in [0.717, 1.165) is 0 Å². The summed E-state index contributed by atoms with van der Waals surface area (Å²) >= 11 is 0. The van der Waals surface area contributed by atoms with Gasteiger partial charge in [0.2, 0.25) is 0 Å². The molecule has 0 N–H and O–H groups in total.